The van der Waals surface area contributed by atoms with Gasteiger partial charge in [-0.05, 0) is 30.5 Å². The molecule has 1 heterocycles. The minimum absolute atomic E-state index is 0.275. The van der Waals surface area contributed by atoms with Crippen molar-refractivity contribution in [3.8, 4) is 0 Å². The summed E-state index contributed by atoms with van der Waals surface area (Å²) in [6, 6.07) is 4.04. The van der Waals surface area contributed by atoms with Crippen LogP contribution < -0.4 is 0 Å². The Balaban J connectivity index is 2.41. The average molecular weight is 184 g/mol. The van der Waals surface area contributed by atoms with Crippen LogP contribution in [-0.2, 0) is 6.42 Å². The first kappa shape index (κ1) is 9.53. The Hall–Kier alpha value is -0.560. The van der Waals surface area contributed by atoms with E-state index in [0.29, 0.717) is 0 Å². The van der Waals surface area contributed by atoms with Gasteiger partial charge in [-0.15, -0.1) is 11.6 Å². The maximum atomic E-state index is 6.10. The van der Waals surface area contributed by atoms with Crippen LogP contribution in [-0.4, -0.2) is 10.4 Å². The van der Waals surface area contributed by atoms with Gasteiger partial charge in [-0.25, -0.2) is 0 Å². The molecule has 1 nitrogen and oxygen atoms in total. The second-order valence-corrected chi connectivity index (χ2v) is 3.56. The van der Waals surface area contributed by atoms with E-state index in [0.717, 1.165) is 19.3 Å². The molecule has 0 bridgehead atoms. The zero-order valence-corrected chi connectivity index (χ0v) is 8.09. The fourth-order valence-electron chi connectivity index (χ4n) is 1.19. The van der Waals surface area contributed by atoms with E-state index in [1.54, 1.807) is 0 Å². The Bertz CT molecular complexity index is 210. The van der Waals surface area contributed by atoms with E-state index in [1.165, 1.54) is 5.56 Å². The van der Waals surface area contributed by atoms with Crippen LogP contribution in [0.2, 0.25) is 0 Å². The molecule has 12 heavy (non-hydrogen) atoms. The van der Waals surface area contributed by atoms with Gasteiger partial charge in [0.05, 0.1) is 0 Å². The van der Waals surface area contributed by atoms with Crippen LogP contribution in [0.5, 0.6) is 0 Å². The van der Waals surface area contributed by atoms with E-state index in [2.05, 4.69) is 11.9 Å². The number of hydrogen-bond donors (Lipinski definition) is 0. The van der Waals surface area contributed by atoms with Crippen LogP contribution >= 0.6 is 11.6 Å². The van der Waals surface area contributed by atoms with E-state index in [1.807, 2.05) is 24.5 Å². The Kier molecular flexibility index (Phi) is 4.09. The van der Waals surface area contributed by atoms with Crippen LogP contribution in [0.3, 0.4) is 0 Å². The number of alkyl halides is 1. The van der Waals surface area contributed by atoms with Crippen molar-refractivity contribution < 1.29 is 0 Å². The van der Waals surface area contributed by atoms with Gasteiger partial charge in [0.2, 0.25) is 0 Å². The van der Waals surface area contributed by atoms with Gasteiger partial charge in [-0.3, -0.25) is 4.98 Å². The summed E-state index contributed by atoms with van der Waals surface area (Å²) in [5.74, 6) is 0. The smallest absolute Gasteiger partial charge is 0.0376 e. The number of aromatic nitrogens is 1. The van der Waals surface area contributed by atoms with Crippen molar-refractivity contribution in [3.63, 3.8) is 0 Å². The van der Waals surface area contributed by atoms with Crippen molar-refractivity contribution in [3.05, 3.63) is 30.1 Å². The third kappa shape index (κ3) is 3.22. The largest absolute Gasteiger partial charge is 0.265 e. The Morgan fingerprint density at radius 3 is 2.67 bits per heavy atom. The highest BCUT2D eigenvalue weighted by atomic mass is 35.5. The second-order valence-electron chi connectivity index (χ2n) is 2.95. The van der Waals surface area contributed by atoms with Crippen molar-refractivity contribution >= 4 is 11.6 Å². The van der Waals surface area contributed by atoms with Gasteiger partial charge in [-0.1, -0.05) is 13.3 Å². The van der Waals surface area contributed by atoms with Crippen molar-refractivity contribution in [2.24, 2.45) is 0 Å². The van der Waals surface area contributed by atoms with E-state index in [9.17, 15) is 0 Å². The van der Waals surface area contributed by atoms with Crippen molar-refractivity contribution in [2.45, 2.75) is 31.6 Å². The molecule has 0 saturated heterocycles. The first-order chi connectivity index (χ1) is 5.83. The zero-order valence-electron chi connectivity index (χ0n) is 7.33. The minimum atomic E-state index is 0.275. The number of halogens is 1. The third-order valence-corrected chi connectivity index (χ3v) is 2.18. The van der Waals surface area contributed by atoms with Crippen molar-refractivity contribution in [1.82, 2.24) is 4.98 Å². The molecular weight excluding hydrogens is 170 g/mol. The first-order valence-corrected chi connectivity index (χ1v) is 4.79. The molecule has 0 aliphatic carbocycles. The highest BCUT2D eigenvalue weighted by Crippen LogP contribution is 2.11. The number of pyridine rings is 1. The van der Waals surface area contributed by atoms with Gasteiger partial charge in [0.1, 0.15) is 0 Å². The molecule has 66 valence electrons. The quantitative estimate of drug-likeness (QED) is 0.654. The van der Waals surface area contributed by atoms with Crippen molar-refractivity contribution in [2.75, 3.05) is 0 Å². The molecule has 2 heteroatoms. The SMILES string of the molecule is CCCC(Cl)Cc1ccncc1. The molecule has 0 aliphatic heterocycles. The molecule has 0 spiro atoms. The average Bonchev–Trinajstić information content (AvgIpc) is 2.06. The predicted molar refractivity (Wildman–Crippen MR) is 52.5 cm³/mol. The highest BCUT2D eigenvalue weighted by Gasteiger charge is 2.03. The van der Waals surface area contributed by atoms with Crippen molar-refractivity contribution in [1.29, 1.82) is 0 Å². The normalized spacial score (nSPS) is 12.8. The fraction of sp³-hybridized carbons (Fsp3) is 0.500. The topological polar surface area (TPSA) is 12.9 Å². The number of nitrogens with zero attached hydrogens (tertiary/aromatic N) is 1. The monoisotopic (exact) mass is 183 g/mol. The Labute approximate surface area is 78.8 Å². The first-order valence-electron chi connectivity index (χ1n) is 4.36. The van der Waals surface area contributed by atoms with Gasteiger partial charge in [0.15, 0.2) is 0 Å². The Morgan fingerprint density at radius 2 is 2.08 bits per heavy atom. The molecule has 1 aromatic rings. The number of rotatable bonds is 4. The van der Waals surface area contributed by atoms with Gasteiger partial charge in [-0.2, -0.15) is 0 Å². The second kappa shape index (κ2) is 5.15. The maximum Gasteiger partial charge on any atom is 0.0376 e. The van der Waals surface area contributed by atoms with Crippen LogP contribution in [0, 0.1) is 0 Å². The van der Waals surface area contributed by atoms with Crippen LogP contribution in [0.1, 0.15) is 25.3 Å². The molecule has 1 unspecified atom stereocenters. The summed E-state index contributed by atoms with van der Waals surface area (Å²) in [7, 11) is 0. The summed E-state index contributed by atoms with van der Waals surface area (Å²) in [5, 5.41) is 0.275. The molecule has 1 rings (SSSR count). The zero-order chi connectivity index (χ0) is 8.81. The van der Waals surface area contributed by atoms with Gasteiger partial charge >= 0.3 is 0 Å². The summed E-state index contributed by atoms with van der Waals surface area (Å²) in [6.45, 7) is 2.15. The number of hydrogen-bond acceptors (Lipinski definition) is 1. The predicted octanol–water partition coefficient (Wildman–Crippen LogP) is 3.03. The van der Waals surface area contributed by atoms with E-state index in [4.69, 9.17) is 11.6 Å². The van der Waals surface area contributed by atoms with Gasteiger partial charge < -0.3 is 0 Å². The fourth-order valence-corrected chi connectivity index (χ4v) is 1.59. The lowest BCUT2D eigenvalue weighted by molar-refractivity contribution is 0.726. The molecule has 1 aromatic heterocycles. The lowest BCUT2D eigenvalue weighted by atomic mass is 10.1. The van der Waals surface area contributed by atoms with E-state index < -0.39 is 0 Å². The van der Waals surface area contributed by atoms with E-state index >= 15 is 0 Å². The standard InChI is InChI=1S/C10H14ClN/c1-2-3-10(11)8-9-4-6-12-7-5-9/h4-7,10H,2-3,8H2,1H3. The van der Waals surface area contributed by atoms with Gasteiger partial charge in [0, 0.05) is 17.8 Å². The lowest BCUT2D eigenvalue weighted by Gasteiger charge is -2.06. The maximum absolute atomic E-state index is 6.10. The summed E-state index contributed by atoms with van der Waals surface area (Å²) < 4.78 is 0. The summed E-state index contributed by atoms with van der Waals surface area (Å²) in [4.78, 5) is 3.96. The molecule has 0 radical (unpaired) electrons. The molecule has 0 aromatic carbocycles. The molecule has 0 fully saturated rings. The molecule has 0 aliphatic rings. The van der Waals surface area contributed by atoms with E-state index in [-0.39, 0.29) is 5.38 Å². The van der Waals surface area contributed by atoms with Crippen LogP contribution in [0.15, 0.2) is 24.5 Å². The van der Waals surface area contributed by atoms with Crippen LogP contribution in [0.25, 0.3) is 0 Å². The Morgan fingerprint density at radius 1 is 1.42 bits per heavy atom. The molecule has 0 N–H and O–H groups in total. The highest BCUT2D eigenvalue weighted by molar-refractivity contribution is 6.20. The molecule has 0 saturated carbocycles. The summed E-state index contributed by atoms with van der Waals surface area (Å²) in [6.07, 6.45) is 6.82. The van der Waals surface area contributed by atoms with Gasteiger partial charge in [0.25, 0.3) is 0 Å². The summed E-state index contributed by atoms with van der Waals surface area (Å²) in [5.41, 5.74) is 1.28. The summed E-state index contributed by atoms with van der Waals surface area (Å²) >= 11 is 6.10. The minimum Gasteiger partial charge on any atom is -0.265 e. The third-order valence-electron chi connectivity index (χ3n) is 1.81. The van der Waals surface area contributed by atoms with Crippen LogP contribution in [0.4, 0.5) is 0 Å². The lowest BCUT2D eigenvalue weighted by Crippen LogP contribution is -2.02. The molecule has 0 amide bonds. The molecule has 1 atom stereocenters. The molecular formula is C10H14ClN.